The van der Waals surface area contributed by atoms with Crippen molar-refractivity contribution in [2.24, 2.45) is 0 Å². The first-order chi connectivity index (χ1) is 17.8. The SMILES string of the molecule is CC(=O)NC(COCc1ccccc1)C(=O)N1CCN(C(=O)C(C#N)=Cc2ccc(O)c(CO)c2)CC1. The largest absolute Gasteiger partial charge is 0.508 e. The third-order valence-corrected chi connectivity index (χ3v) is 5.89. The number of aromatic hydroxyl groups is 1. The quantitative estimate of drug-likeness (QED) is 0.342. The summed E-state index contributed by atoms with van der Waals surface area (Å²) < 4.78 is 5.68. The summed E-state index contributed by atoms with van der Waals surface area (Å²) in [4.78, 5) is 40.8. The highest BCUT2D eigenvalue weighted by Crippen LogP contribution is 2.20. The van der Waals surface area contributed by atoms with E-state index in [9.17, 15) is 29.9 Å². The number of amides is 3. The van der Waals surface area contributed by atoms with E-state index in [1.807, 2.05) is 36.4 Å². The van der Waals surface area contributed by atoms with E-state index in [2.05, 4.69) is 5.32 Å². The lowest BCUT2D eigenvalue weighted by atomic mass is 10.1. The molecule has 2 aromatic carbocycles. The van der Waals surface area contributed by atoms with Crippen LogP contribution in [0.1, 0.15) is 23.6 Å². The zero-order valence-electron chi connectivity index (χ0n) is 20.6. The van der Waals surface area contributed by atoms with E-state index in [-0.39, 0.29) is 68.1 Å². The highest BCUT2D eigenvalue weighted by molar-refractivity contribution is 6.01. The Morgan fingerprint density at radius 2 is 1.78 bits per heavy atom. The molecule has 3 N–H and O–H groups in total. The van der Waals surface area contributed by atoms with Gasteiger partial charge < -0.3 is 30.1 Å². The van der Waals surface area contributed by atoms with Crippen molar-refractivity contribution < 1.29 is 29.3 Å². The number of hydrogen-bond acceptors (Lipinski definition) is 7. The lowest BCUT2D eigenvalue weighted by molar-refractivity contribution is -0.142. The van der Waals surface area contributed by atoms with Crippen LogP contribution in [0.2, 0.25) is 0 Å². The van der Waals surface area contributed by atoms with Crippen LogP contribution in [0, 0.1) is 11.3 Å². The van der Waals surface area contributed by atoms with E-state index >= 15 is 0 Å². The number of hydrogen-bond donors (Lipinski definition) is 3. The summed E-state index contributed by atoms with van der Waals surface area (Å²) in [6.07, 6.45) is 1.40. The van der Waals surface area contributed by atoms with Gasteiger partial charge in [-0.3, -0.25) is 14.4 Å². The molecule has 1 aliphatic rings. The Balaban J connectivity index is 1.59. The van der Waals surface area contributed by atoms with E-state index < -0.39 is 11.9 Å². The molecule has 0 saturated carbocycles. The smallest absolute Gasteiger partial charge is 0.264 e. The van der Waals surface area contributed by atoms with Crippen molar-refractivity contribution in [1.29, 1.82) is 5.26 Å². The fourth-order valence-corrected chi connectivity index (χ4v) is 3.94. The van der Waals surface area contributed by atoms with Crippen molar-refractivity contribution in [2.45, 2.75) is 26.2 Å². The molecule has 37 heavy (non-hydrogen) atoms. The Morgan fingerprint density at radius 3 is 2.41 bits per heavy atom. The first-order valence-corrected chi connectivity index (χ1v) is 11.8. The van der Waals surface area contributed by atoms with Gasteiger partial charge in [0.25, 0.3) is 5.91 Å². The molecule has 0 bridgehead atoms. The number of benzene rings is 2. The molecule has 1 atom stereocenters. The van der Waals surface area contributed by atoms with Crippen LogP contribution >= 0.6 is 0 Å². The van der Waals surface area contributed by atoms with Crippen molar-refractivity contribution in [2.75, 3.05) is 32.8 Å². The highest BCUT2D eigenvalue weighted by atomic mass is 16.5. The summed E-state index contributed by atoms with van der Waals surface area (Å²) in [5, 5.41) is 31.2. The number of aliphatic hydroxyl groups excluding tert-OH is 1. The third kappa shape index (κ3) is 7.64. The van der Waals surface area contributed by atoms with E-state index in [1.54, 1.807) is 4.90 Å². The Labute approximate surface area is 215 Å². The van der Waals surface area contributed by atoms with Gasteiger partial charge in [-0.05, 0) is 29.3 Å². The topological polar surface area (TPSA) is 143 Å². The molecule has 0 spiro atoms. The average molecular weight is 507 g/mol. The number of ether oxygens (including phenoxy) is 1. The molecule has 1 aliphatic heterocycles. The minimum Gasteiger partial charge on any atom is -0.508 e. The molecule has 0 aromatic heterocycles. The summed E-state index contributed by atoms with van der Waals surface area (Å²) in [7, 11) is 0. The molecule has 1 unspecified atom stereocenters. The maximum Gasteiger partial charge on any atom is 0.264 e. The van der Waals surface area contributed by atoms with Crippen LogP contribution in [0.3, 0.4) is 0 Å². The number of carbonyl (C=O) groups is 3. The Kier molecular flexibility index (Phi) is 9.77. The number of piperazine rings is 1. The lowest BCUT2D eigenvalue weighted by Crippen LogP contribution is -2.56. The fourth-order valence-electron chi connectivity index (χ4n) is 3.94. The van der Waals surface area contributed by atoms with Gasteiger partial charge in [-0.15, -0.1) is 0 Å². The van der Waals surface area contributed by atoms with Crippen LogP contribution in [0.4, 0.5) is 0 Å². The molecule has 3 amide bonds. The molecular weight excluding hydrogens is 476 g/mol. The summed E-state index contributed by atoms with van der Waals surface area (Å²) in [5.74, 6) is -1.20. The highest BCUT2D eigenvalue weighted by Gasteiger charge is 2.30. The molecule has 1 heterocycles. The molecule has 1 fully saturated rings. The van der Waals surface area contributed by atoms with Gasteiger partial charge in [0.1, 0.15) is 23.4 Å². The van der Waals surface area contributed by atoms with Crippen LogP contribution in [0.5, 0.6) is 5.75 Å². The monoisotopic (exact) mass is 506 g/mol. The van der Waals surface area contributed by atoms with Gasteiger partial charge >= 0.3 is 0 Å². The van der Waals surface area contributed by atoms with Crippen LogP contribution < -0.4 is 5.32 Å². The number of nitrogens with zero attached hydrogens (tertiary/aromatic N) is 3. The second kappa shape index (κ2) is 13.2. The zero-order valence-corrected chi connectivity index (χ0v) is 20.6. The predicted octanol–water partition coefficient (Wildman–Crippen LogP) is 1.18. The van der Waals surface area contributed by atoms with Crippen molar-refractivity contribution >= 4 is 23.8 Å². The molecular formula is C27H30N4O6. The normalized spacial score (nSPS) is 14.6. The summed E-state index contributed by atoms with van der Waals surface area (Å²) in [6.45, 7) is 2.19. The number of phenols is 1. The average Bonchev–Trinajstić information content (AvgIpc) is 2.91. The van der Waals surface area contributed by atoms with Crippen LogP contribution in [0.15, 0.2) is 54.1 Å². The van der Waals surface area contributed by atoms with Gasteiger partial charge in [-0.2, -0.15) is 5.26 Å². The fraction of sp³-hybridized carbons (Fsp3) is 0.333. The maximum absolute atomic E-state index is 13.1. The van der Waals surface area contributed by atoms with Crippen LogP contribution in [-0.4, -0.2) is 76.6 Å². The standard InChI is InChI=1S/C27H30N4O6/c1-19(33)29-24(18-37-17-20-5-3-2-4-6-20)27(36)31-11-9-30(10-12-31)26(35)22(15-28)13-21-7-8-25(34)23(14-21)16-32/h2-8,13-14,24,32,34H,9-12,16-18H2,1H3,(H,29,33). The molecule has 194 valence electrons. The van der Waals surface area contributed by atoms with Gasteiger partial charge in [0, 0.05) is 38.7 Å². The van der Waals surface area contributed by atoms with Gasteiger partial charge in [0.05, 0.1) is 19.8 Å². The molecule has 10 heteroatoms. The lowest BCUT2D eigenvalue weighted by Gasteiger charge is -2.36. The molecule has 1 saturated heterocycles. The Morgan fingerprint density at radius 1 is 1.11 bits per heavy atom. The van der Waals surface area contributed by atoms with E-state index in [1.165, 1.54) is 36.1 Å². The second-order valence-corrected chi connectivity index (χ2v) is 8.59. The summed E-state index contributed by atoms with van der Waals surface area (Å²) >= 11 is 0. The molecule has 0 radical (unpaired) electrons. The van der Waals surface area contributed by atoms with E-state index in [0.29, 0.717) is 12.2 Å². The van der Waals surface area contributed by atoms with Crippen molar-refractivity contribution in [3.8, 4) is 11.8 Å². The van der Waals surface area contributed by atoms with Gasteiger partial charge in [-0.25, -0.2) is 0 Å². The Bertz CT molecular complexity index is 1180. The molecule has 0 aliphatic carbocycles. The molecule has 3 rings (SSSR count). The number of nitriles is 1. The van der Waals surface area contributed by atoms with Gasteiger partial charge in [0.15, 0.2) is 0 Å². The van der Waals surface area contributed by atoms with Crippen molar-refractivity contribution in [3.63, 3.8) is 0 Å². The second-order valence-electron chi connectivity index (χ2n) is 8.59. The number of carbonyl (C=O) groups excluding carboxylic acids is 3. The van der Waals surface area contributed by atoms with Gasteiger partial charge in [0.2, 0.25) is 11.8 Å². The molecule has 2 aromatic rings. The molecule has 10 nitrogen and oxygen atoms in total. The number of rotatable bonds is 9. The first-order valence-electron chi connectivity index (χ1n) is 11.8. The predicted molar refractivity (Wildman–Crippen MR) is 134 cm³/mol. The van der Waals surface area contributed by atoms with E-state index in [4.69, 9.17) is 4.74 Å². The van der Waals surface area contributed by atoms with Crippen LogP contribution in [0.25, 0.3) is 6.08 Å². The first kappa shape index (κ1) is 27.4. The minimum absolute atomic E-state index is 0.0101. The van der Waals surface area contributed by atoms with Crippen molar-refractivity contribution in [3.05, 3.63) is 70.8 Å². The Hall–Kier alpha value is -4.20. The summed E-state index contributed by atoms with van der Waals surface area (Å²) in [6, 6.07) is 15.0. The van der Waals surface area contributed by atoms with Crippen molar-refractivity contribution in [1.82, 2.24) is 15.1 Å². The van der Waals surface area contributed by atoms with Gasteiger partial charge in [-0.1, -0.05) is 36.4 Å². The zero-order chi connectivity index (χ0) is 26.8. The number of aliphatic hydroxyl groups is 1. The maximum atomic E-state index is 13.1. The number of nitrogens with one attached hydrogen (secondary N) is 1. The minimum atomic E-state index is -0.853. The third-order valence-electron chi connectivity index (χ3n) is 5.89. The summed E-state index contributed by atoms with van der Waals surface area (Å²) in [5.41, 5.74) is 1.63. The van der Waals surface area contributed by atoms with Crippen LogP contribution in [-0.2, 0) is 32.3 Å². The van der Waals surface area contributed by atoms with E-state index in [0.717, 1.165) is 5.56 Å².